The van der Waals surface area contributed by atoms with Crippen molar-refractivity contribution >= 4 is 40.1 Å². The van der Waals surface area contributed by atoms with Crippen molar-refractivity contribution in [2.75, 3.05) is 4.90 Å². The van der Waals surface area contributed by atoms with Crippen LogP contribution in [0.5, 0.6) is 0 Å². The van der Waals surface area contributed by atoms with Crippen molar-refractivity contribution in [3.05, 3.63) is 98.6 Å². The molecule has 4 aliphatic rings. The minimum absolute atomic E-state index is 0.0681. The highest BCUT2D eigenvalue weighted by Gasteiger charge is 2.66. The SMILES string of the molecule is CC12c3ccccc3C(c3ccccc31)[C@H]1C(=O)N(c3ccc(I)cc3)C(=O)[C@@H]12. The van der Waals surface area contributed by atoms with E-state index in [2.05, 4.69) is 53.8 Å². The maximum absolute atomic E-state index is 13.8. The first kappa shape index (κ1) is 17.4. The molecule has 1 saturated heterocycles. The molecule has 0 radical (unpaired) electrons. The summed E-state index contributed by atoms with van der Waals surface area (Å²) in [5, 5.41) is 0. The summed E-state index contributed by atoms with van der Waals surface area (Å²) in [5.41, 5.74) is 4.94. The average molecular weight is 491 g/mol. The number of nitrogens with zero attached hydrogens (tertiary/aromatic N) is 1. The van der Waals surface area contributed by atoms with E-state index in [-0.39, 0.29) is 29.6 Å². The number of amides is 2. The zero-order chi connectivity index (χ0) is 19.9. The third-order valence-corrected chi connectivity index (χ3v) is 7.85. The summed E-state index contributed by atoms with van der Waals surface area (Å²) in [6.45, 7) is 2.15. The van der Waals surface area contributed by atoms with Gasteiger partial charge in [-0.25, -0.2) is 4.90 Å². The van der Waals surface area contributed by atoms with Gasteiger partial charge in [-0.05, 0) is 69.1 Å². The van der Waals surface area contributed by atoms with Gasteiger partial charge < -0.3 is 0 Å². The quantitative estimate of drug-likeness (QED) is 0.360. The van der Waals surface area contributed by atoms with Crippen LogP contribution in [-0.4, -0.2) is 11.8 Å². The van der Waals surface area contributed by atoms with E-state index in [9.17, 15) is 9.59 Å². The molecule has 1 heterocycles. The molecule has 2 bridgehead atoms. The van der Waals surface area contributed by atoms with Gasteiger partial charge in [0, 0.05) is 14.9 Å². The molecule has 7 rings (SSSR count). The Labute approximate surface area is 182 Å². The van der Waals surface area contributed by atoms with Crippen molar-refractivity contribution in [1.29, 1.82) is 0 Å². The van der Waals surface area contributed by atoms with Crippen LogP contribution in [0.3, 0.4) is 0 Å². The Balaban J connectivity index is 1.61. The van der Waals surface area contributed by atoms with Gasteiger partial charge in [0.1, 0.15) is 0 Å². The first-order valence-electron chi connectivity index (χ1n) is 9.85. The Morgan fingerprint density at radius 3 is 1.93 bits per heavy atom. The number of benzene rings is 3. The molecule has 0 aromatic heterocycles. The molecule has 2 atom stereocenters. The van der Waals surface area contributed by atoms with E-state index in [1.807, 2.05) is 48.5 Å². The van der Waals surface area contributed by atoms with E-state index < -0.39 is 5.41 Å². The molecular weight excluding hydrogens is 473 g/mol. The Morgan fingerprint density at radius 2 is 1.34 bits per heavy atom. The molecule has 142 valence electrons. The van der Waals surface area contributed by atoms with Gasteiger partial charge in [0.05, 0.1) is 17.5 Å². The summed E-state index contributed by atoms with van der Waals surface area (Å²) in [6.07, 6.45) is 0. The standard InChI is InChI=1S/C25H18INO2/c1-25-18-8-4-2-6-16(18)20(17-7-3-5-9-19(17)25)21-22(25)24(29)27(23(21)28)15-12-10-14(26)11-13-15/h2-13,20-22H,1H3/t20?,21-,22-,25?/m1/s1. The Hall–Kier alpha value is -2.47. The first-order valence-corrected chi connectivity index (χ1v) is 10.9. The maximum atomic E-state index is 13.8. The van der Waals surface area contributed by atoms with Gasteiger partial charge in [0.2, 0.25) is 11.8 Å². The van der Waals surface area contributed by atoms with Crippen LogP contribution in [-0.2, 0) is 15.0 Å². The molecular formula is C25H18INO2. The van der Waals surface area contributed by atoms with Crippen molar-refractivity contribution in [3.63, 3.8) is 0 Å². The second-order valence-electron chi connectivity index (χ2n) is 8.35. The van der Waals surface area contributed by atoms with Crippen LogP contribution in [0, 0.1) is 15.4 Å². The predicted octanol–water partition coefficient (Wildman–Crippen LogP) is 4.86. The smallest absolute Gasteiger partial charge is 0.238 e. The third kappa shape index (κ3) is 2.03. The van der Waals surface area contributed by atoms with Gasteiger partial charge in [-0.2, -0.15) is 0 Å². The van der Waals surface area contributed by atoms with Crippen LogP contribution in [0.15, 0.2) is 72.8 Å². The highest BCUT2D eigenvalue weighted by molar-refractivity contribution is 14.1. The molecule has 29 heavy (non-hydrogen) atoms. The van der Waals surface area contributed by atoms with Gasteiger partial charge in [-0.3, -0.25) is 9.59 Å². The maximum Gasteiger partial charge on any atom is 0.238 e. The largest absolute Gasteiger partial charge is 0.274 e. The van der Waals surface area contributed by atoms with E-state index in [4.69, 9.17) is 0 Å². The highest BCUT2D eigenvalue weighted by atomic mass is 127. The second kappa shape index (κ2) is 5.79. The van der Waals surface area contributed by atoms with Crippen molar-refractivity contribution < 1.29 is 9.59 Å². The van der Waals surface area contributed by atoms with Crippen LogP contribution in [0.4, 0.5) is 5.69 Å². The minimum atomic E-state index is -0.503. The van der Waals surface area contributed by atoms with Crippen LogP contribution >= 0.6 is 22.6 Å². The van der Waals surface area contributed by atoms with Gasteiger partial charge in [-0.15, -0.1) is 0 Å². The first-order chi connectivity index (χ1) is 14.0. The molecule has 3 aliphatic carbocycles. The average Bonchev–Trinajstić information content (AvgIpc) is 3.01. The Morgan fingerprint density at radius 1 is 0.793 bits per heavy atom. The van der Waals surface area contributed by atoms with E-state index >= 15 is 0 Å². The van der Waals surface area contributed by atoms with Crippen molar-refractivity contribution in [2.24, 2.45) is 11.8 Å². The van der Waals surface area contributed by atoms with Gasteiger partial charge in [0.25, 0.3) is 0 Å². The Bertz CT molecular complexity index is 1150. The molecule has 1 fully saturated rings. The molecule has 0 spiro atoms. The van der Waals surface area contributed by atoms with Crippen LogP contribution in [0.25, 0.3) is 0 Å². The molecule has 3 aromatic rings. The van der Waals surface area contributed by atoms with Crippen molar-refractivity contribution in [1.82, 2.24) is 0 Å². The lowest BCUT2D eigenvalue weighted by molar-refractivity contribution is -0.123. The Kier molecular flexibility index (Phi) is 3.47. The lowest BCUT2D eigenvalue weighted by atomic mass is 9.48. The zero-order valence-corrected chi connectivity index (χ0v) is 18.0. The monoisotopic (exact) mass is 491 g/mol. The fourth-order valence-electron chi connectivity index (χ4n) is 6.00. The van der Waals surface area contributed by atoms with Crippen LogP contribution < -0.4 is 4.90 Å². The fraction of sp³-hybridized carbons (Fsp3) is 0.200. The summed E-state index contributed by atoms with van der Waals surface area (Å²) in [6, 6.07) is 24.3. The van der Waals surface area contributed by atoms with E-state index in [0.29, 0.717) is 5.69 Å². The zero-order valence-electron chi connectivity index (χ0n) is 15.8. The van der Waals surface area contributed by atoms with Gasteiger partial charge >= 0.3 is 0 Å². The lowest BCUT2D eigenvalue weighted by Crippen LogP contribution is -2.51. The molecule has 3 nitrogen and oxygen atoms in total. The second-order valence-corrected chi connectivity index (χ2v) is 9.59. The molecule has 4 heteroatoms. The summed E-state index contributed by atoms with van der Waals surface area (Å²) in [5.74, 6) is -0.931. The number of hydrogen-bond donors (Lipinski definition) is 0. The lowest BCUT2D eigenvalue weighted by Gasteiger charge is -2.52. The fourth-order valence-corrected chi connectivity index (χ4v) is 6.36. The van der Waals surface area contributed by atoms with E-state index in [0.717, 1.165) is 3.57 Å². The summed E-state index contributed by atoms with van der Waals surface area (Å²) in [7, 11) is 0. The number of carbonyl (C=O) groups is 2. The molecule has 0 unspecified atom stereocenters. The van der Waals surface area contributed by atoms with E-state index in [1.165, 1.54) is 27.2 Å². The summed E-state index contributed by atoms with van der Waals surface area (Å²) >= 11 is 2.23. The highest BCUT2D eigenvalue weighted by Crippen LogP contribution is 2.64. The summed E-state index contributed by atoms with van der Waals surface area (Å²) in [4.78, 5) is 28.9. The van der Waals surface area contributed by atoms with Crippen molar-refractivity contribution in [2.45, 2.75) is 18.3 Å². The molecule has 0 N–H and O–H groups in total. The minimum Gasteiger partial charge on any atom is -0.274 e. The topological polar surface area (TPSA) is 37.4 Å². The molecule has 0 saturated carbocycles. The number of anilines is 1. The number of rotatable bonds is 1. The predicted molar refractivity (Wildman–Crippen MR) is 120 cm³/mol. The van der Waals surface area contributed by atoms with Gasteiger partial charge in [0.15, 0.2) is 0 Å². The van der Waals surface area contributed by atoms with Gasteiger partial charge in [-0.1, -0.05) is 55.5 Å². The number of imide groups is 1. The van der Waals surface area contributed by atoms with Crippen molar-refractivity contribution in [3.8, 4) is 0 Å². The molecule has 1 aliphatic heterocycles. The molecule has 3 aromatic carbocycles. The van der Waals surface area contributed by atoms with E-state index in [1.54, 1.807) is 0 Å². The van der Waals surface area contributed by atoms with Crippen LogP contribution in [0.2, 0.25) is 0 Å². The third-order valence-electron chi connectivity index (χ3n) is 7.13. The molecule has 2 amide bonds. The number of hydrogen-bond acceptors (Lipinski definition) is 2. The number of halogens is 1. The number of carbonyl (C=O) groups excluding carboxylic acids is 2. The summed E-state index contributed by atoms with van der Waals surface area (Å²) < 4.78 is 1.08. The van der Waals surface area contributed by atoms with Crippen LogP contribution in [0.1, 0.15) is 35.1 Å². The normalized spacial score (nSPS) is 28.9.